The number of methoxy groups -OCH3 is 2. The summed E-state index contributed by atoms with van der Waals surface area (Å²) in [6.07, 6.45) is 4.87. The molecular formula is C31H34ClN3O6S. The van der Waals surface area contributed by atoms with E-state index < -0.39 is 15.9 Å². The molecule has 1 N–H and O–H groups in total. The minimum atomic E-state index is -4.03. The van der Waals surface area contributed by atoms with Crippen molar-refractivity contribution in [3.05, 3.63) is 76.8 Å². The van der Waals surface area contributed by atoms with Crippen molar-refractivity contribution in [2.75, 3.05) is 37.5 Å². The van der Waals surface area contributed by atoms with Crippen molar-refractivity contribution < 1.29 is 27.5 Å². The Kier molecular flexibility index (Phi) is 9.05. The quantitative estimate of drug-likeness (QED) is 0.341. The second-order valence-electron chi connectivity index (χ2n) is 10.5. The van der Waals surface area contributed by atoms with Crippen LogP contribution in [0.2, 0.25) is 5.02 Å². The summed E-state index contributed by atoms with van der Waals surface area (Å²) in [5.41, 5.74) is 2.74. The number of fused-ring (bicyclic) bond motifs is 1. The number of sulfonamides is 1. The van der Waals surface area contributed by atoms with Crippen LogP contribution < -0.4 is 19.7 Å². The van der Waals surface area contributed by atoms with Crippen LogP contribution in [0.3, 0.4) is 0 Å². The largest absolute Gasteiger partial charge is 0.497 e. The predicted molar refractivity (Wildman–Crippen MR) is 162 cm³/mol. The minimum Gasteiger partial charge on any atom is -0.497 e. The molecule has 2 amide bonds. The third kappa shape index (κ3) is 6.25. The maximum Gasteiger partial charge on any atom is 0.258 e. The van der Waals surface area contributed by atoms with E-state index in [0.29, 0.717) is 48.6 Å². The Morgan fingerprint density at radius 2 is 1.71 bits per heavy atom. The van der Waals surface area contributed by atoms with Gasteiger partial charge < -0.3 is 19.7 Å². The molecule has 0 aromatic heterocycles. The fourth-order valence-corrected chi connectivity index (χ4v) is 7.61. The van der Waals surface area contributed by atoms with Gasteiger partial charge in [-0.25, -0.2) is 8.42 Å². The molecule has 222 valence electrons. The van der Waals surface area contributed by atoms with Crippen molar-refractivity contribution in [2.45, 2.75) is 49.5 Å². The van der Waals surface area contributed by atoms with E-state index >= 15 is 0 Å². The van der Waals surface area contributed by atoms with Crippen molar-refractivity contribution >= 4 is 44.8 Å². The highest BCUT2D eigenvalue weighted by atomic mass is 35.5. The molecule has 0 saturated heterocycles. The first-order chi connectivity index (χ1) is 20.2. The van der Waals surface area contributed by atoms with E-state index in [2.05, 4.69) is 5.32 Å². The fraction of sp³-hybridized carbons (Fsp3) is 0.355. The first kappa shape index (κ1) is 29.9. The average molecular weight is 612 g/mol. The number of halogens is 1. The molecule has 42 heavy (non-hydrogen) atoms. The number of ether oxygens (including phenoxy) is 2. The van der Waals surface area contributed by atoms with Crippen molar-refractivity contribution in [1.82, 2.24) is 4.31 Å². The Balaban J connectivity index is 1.35. The van der Waals surface area contributed by atoms with Crippen LogP contribution >= 0.6 is 11.6 Å². The summed E-state index contributed by atoms with van der Waals surface area (Å²) in [5.74, 6) is 0.425. The number of carbonyl (C=O) groups excluding carboxylic acids is 2. The lowest BCUT2D eigenvalue weighted by molar-refractivity contribution is -0.116. The van der Waals surface area contributed by atoms with Gasteiger partial charge in [-0.1, -0.05) is 36.9 Å². The summed E-state index contributed by atoms with van der Waals surface area (Å²) in [5, 5.41) is 3.04. The second kappa shape index (κ2) is 12.7. The molecule has 0 bridgehead atoms. The number of rotatable bonds is 9. The molecule has 1 aliphatic carbocycles. The van der Waals surface area contributed by atoms with E-state index in [9.17, 15) is 18.0 Å². The third-order valence-electron chi connectivity index (χ3n) is 7.86. The topological polar surface area (TPSA) is 105 Å². The van der Waals surface area contributed by atoms with E-state index in [-0.39, 0.29) is 28.4 Å². The van der Waals surface area contributed by atoms with Crippen molar-refractivity contribution in [2.24, 2.45) is 0 Å². The smallest absolute Gasteiger partial charge is 0.258 e. The molecule has 1 heterocycles. The van der Waals surface area contributed by atoms with Gasteiger partial charge in [0.15, 0.2) is 0 Å². The van der Waals surface area contributed by atoms with Crippen LogP contribution in [0.4, 0.5) is 11.4 Å². The highest BCUT2D eigenvalue weighted by Gasteiger charge is 2.34. The lowest BCUT2D eigenvalue weighted by atomic mass is 9.95. The van der Waals surface area contributed by atoms with E-state index in [1.165, 1.54) is 29.6 Å². The van der Waals surface area contributed by atoms with E-state index in [4.69, 9.17) is 21.1 Å². The van der Waals surface area contributed by atoms with Crippen LogP contribution in [0, 0.1) is 0 Å². The summed E-state index contributed by atoms with van der Waals surface area (Å²) in [6.45, 7) is 0.179. The number of nitrogens with one attached hydrogen (secondary N) is 1. The summed E-state index contributed by atoms with van der Waals surface area (Å²) >= 11 is 6.25. The molecular weight excluding hydrogens is 578 g/mol. The summed E-state index contributed by atoms with van der Waals surface area (Å²) < 4.78 is 39.3. The fourth-order valence-electron chi connectivity index (χ4n) is 5.62. The molecule has 2 aliphatic rings. The summed E-state index contributed by atoms with van der Waals surface area (Å²) in [4.78, 5) is 28.3. The van der Waals surface area contributed by atoms with Crippen LogP contribution in [0.1, 0.15) is 48.0 Å². The Labute approximate surface area is 251 Å². The predicted octanol–water partition coefficient (Wildman–Crippen LogP) is 5.52. The number of anilines is 2. The van der Waals surface area contributed by atoms with Gasteiger partial charge in [0.2, 0.25) is 15.9 Å². The molecule has 11 heteroatoms. The molecule has 3 aromatic rings. The van der Waals surface area contributed by atoms with Crippen LogP contribution in [0.5, 0.6) is 11.5 Å². The molecule has 0 spiro atoms. The van der Waals surface area contributed by atoms with Crippen molar-refractivity contribution in [3.8, 4) is 11.5 Å². The van der Waals surface area contributed by atoms with Crippen LogP contribution in [0.15, 0.2) is 65.6 Å². The Hall–Kier alpha value is -3.60. The van der Waals surface area contributed by atoms with Gasteiger partial charge in [-0.05, 0) is 79.4 Å². The number of hydrogen-bond donors (Lipinski definition) is 1. The number of amides is 2. The van der Waals surface area contributed by atoms with Crippen LogP contribution in [-0.2, 0) is 21.2 Å². The normalized spacial score (nSPS) is 15.4. The molecule has 1 saturated carbocycles. The summed E-state index contributed by atoms with van der Waals surface area (Å²) in [6, 6.07) is 16.4. The van der Waals surface area contributed by atoms with E-state index in [1.807, 2.05) is 6.07 Å². The molecule has 0 radical (unpaired) electrons. The molecule has 0 atom stereocenters. The standard InChI is InChI=1S/C31H34ClN3O6S/c1-40-25-12-9-22(10-13-25)31(37)34-17-16-21-8-11-23(18-28(21)34)33-30(36)20-35(24-6-4-3-5-7-24)42(38,39)26-14-15-29(41-2)27(32)19-26/h8-15,18-19,24H,3-7,16-17,20H2,1-2H3,(H,33,36). The van der Waals surface area contributed by atoms with E-state index in [1.54, 1.807) is 48.4 Å². The Morgan fingerprint density at radius 3 is 2.38 bits per heavy atom. The van der Waals surface area contributed by atoms with Gasteiger partial charge in [0.1, 0.15) is 11.5 Å². The maximum absolute atomic E-state index is 13.8. The number of hydrogen-bond acceptors (Lipinski definition) is 6. The zero-order chi connectivity index (χ0) is 29.9. The lowest BCUT2D eigenvalue weighted by Gasteiger charge is -2.33. The van der Waals surface area contributed by atoms with Gasteiger partial charge in [-0.15, -0.1) is 0 Å². The maximum atomic E-state index is 13.8. The van der Waals surface area contributed by atoms with Gasteiger partial charge in [0.25, 0.3) is 5.91 Å². The van der Waals surface area contributed by atoms with Gasteiger partial charge in [0, 0.05) is 29.5 Å². The van der Waals surface area contributed by atoms with Crippen molar-refractivity contribution in [3.63, 3.8) is 0 Å². The number of carbonyl (C=O) groups is 2. The molecule has 0 unspecified atom stereocenters. The molecule has 3 aromatic carbocycles. The highest BCUT2D eigenvalue weighted by Crippen LogP contribution is 2.34. The minimum absolute atomic E-state index is 0.0110. The van der Waals surface area contributed by atoms with Gasteiger partial charge in [-0.2, -0.15) is 4.31 Å². The zero-order valence-electron chi connectivity index (χ0n) is 23.6. The van der Waals surface area contributed by atoms with Crippen LogP contribution in [0.25, 0.3) is 0 Å². The monoisotopic (exact) mass is 611 g/mol. The van der Waals surface area contributed by atoms with Crippen LogP contribution in [-0.4, -0.2) is 57.9 Å². The first-order valence-corrected chi connectivity index (χ1v) is 15.8. The number of nitrogens with zero attached hydrogens (tertiary/aromatic N) is 2. The average Bonchev–Trinajstić information content (AvgIpc) is 3.43. The lowest BCUT2D eigenvalue weighted by Crippen LogP contribution is -2.45. The molecule has 5 rings (SSSR count). The number of benzene rings is 3. The van der Waals surface area contributed by atoms with Gasteiger partial charge in [-0.3, -0.25) is 9.59 Å². The Bertz CT molecular complexity index is 1570. The molecule has 1 fully saturated rings. The SMILES string of the molecule is COc1ccc(C(=O)N2CCc3ccc(NC(=O)CN(C4CCCCC4)S(=O)(=O)c4ccc(OC)c(Cl)c4)cc32)cc1. The zero-order valence-corrected chi connectivity index (χ0v) is 25.2. The van der Waals surface area contributed by atoms with Gasteiger partial charge >= 0.3 is 0 Å². The molecule has 9 nitrogen and oxygen atoms in total. The third-order valence-corrected chi connectivity index (χ3v) is 10.0. The molecule has 1 aliphatic heterocycles. The Morgan fingerprint density at radius 1 is 0.976 bits per heavy atom. The first-order valence-electron chi connectivity index (χ1n) is 14.0. The van der Waals surface area contributed by atoms with E-state index in [0.717, 1.165) is 30.5 Å². The summed E-state index contributed by atoms with van der Waals surface area (Å²) in [7, 11) is -0.999. The van der Waals surface area contributed by atoms with Gasteiger partial charge in [0.05, 0.1) is 30.7 Å². The van der Waals surface area contributed by atoms with Crippen molar-refractivity contribution in [1.29, 1.82) is 0 Å². The highest BCUT2D eigenvalue weighted by molar-refractivity contribution is 7.89. The second-order valence-corrected chi connectivity index (χ2v) is 12.8.